The molecule has 3 aliphatic rings. The number of benzene rings is 1. The number of nitrogens with zero attached hydrogens (tertiary/aromatic N) is 1. The summed E-state index contributed by atoms with van der Waals surface area (Å²) in [7, 11) is 0. The standard InChI is InChI=1S/C16H17ClN2O2/c17-11-2-1-3-12(7-11)18-8-19-15(20)13-9-4-5-10(6-9)14(13)16(19)21/h1-3,7,9-10,13-14,18H,4-6,8H2. The number of carbonyl (C=O) groups is 2. The molecule has 2 bridgehead atoms. The van der Waals surface area contributed by atoms with Gasteiger partial charge in [0.05, 0.1) is 18.5 Å². The lowest BCUT2D eigenvalue weighted by Gasteiger charge is -2.19. The number of carbonyl (C=O) groups excluding carboxylic acids is 2. The molecule has 110 valence electrons. The van der Waals surface area contributed by atoms with Crippen LogP contribution in [-0.2, 0) is 9.59 Å². The van der Waals surface area contributed by atoms with E-state index in [0.717, 1.165) is 24.9 Å². The first kappa shape index (κ1) is 13.1. The van der Waals surface area contributed by atoms with Gasteiger partial charge in [-0.15, -0.1) is 0 Å². The number of anilines is 1. The second-order valence-corrected chi connectivity index (χ2v) is 6.77. The van der Waals surface area contributed by atoms with E-state index in [1.165, 1.54) is 4.90 Å². The van der Waals surface area contributed by atoms with Crippen molar-refractivity contribution in [3.63, 3.8) is 0 Å². The molecule has 2 saturated carbocycles. The summed E-state index contributed by atoms with van der Waals surface area (Å²) < 4.78 is 0. The zero-order valence-corrected chi connectivity index (χ0v) is 12.3. The molecule has 1 saturated heterocycles. The molecule has 4 unspecified atom stereocenters. The lowest BCUT2D eigenvalue weighted by Crippen LogP contribution is -2.36. The summed E-state index contributed by atoms with van der Waals surface area (Å²) in [6.45, 7) is 0.241. The van der Waals surface area contributed by atoms with Crippen LogP contribution in [0, 0.1) is 23.7 Å². The molecule has 1 aromatic carbocycles. The second-order valence-electron chi connectivity index (χ2n) is 6.33. The van der Waals surface area contributed by atoms with Crippen LogP contribution in [0.1, 0.15) is 19.3 Å². The van der Waals surface area contributed by atoms with Gasteiger partial charge in [0.2, 0.25) is 11.8 Å². The summed E-state index contributed by atoms with van der Waals surface area (Å²) in [6.07, 6.45) is 3.29. The molecule has 4 nitrogen and oxygen atoms in total. The van der Waals surface area contributed by atoms with Gasteiger partial charge in [-0.3, -0.25) is 14.5 Å². The number of rotatable bonds is 3. The van der Waals surface area contributed by atoms with Crippen molar-refractivity contribution in [3.8, 4) is 0 Å². The van der Waals surface area contributed by atoms with Gasteiger partial charge in [0.1, 0.15) is 0 Å². The molecule has 1 aliphatic heterocycles. The van der Waals surface area contributed by atoms with Crippen LogP contribution in [0.25, 0.3) is 0 Å². The topological polar surface area (TPSA) is 49.4 Å². The van der Waals surface area contributed by atoms with Gasteiger partial charge >= 0.3 is 0 Å². The summed E-state index contributed by atoms with van der Waals surface area (Å²) in [5.74, 6) is 0.827. The Kier molecular flexibility index (Phi) is 2.96. The van der Waals surface area contributed by atoms with Gasteiger partial charge in [-0.25, -0.2) is 0 Å². The van der Waals surface area contributed by atoms with E-state index in [4.69, 9.17) is 11.6 Å². The average molecular weight is 305 g/mol. The van der Waals surface area contributed by atoms with Crippen LogP contribution in [0.5, 0.6) is 0 Å². The molecule has 1 aromatic rings. The van der Waals surface area contributed by atoms with E-state index < -0.39 is 0 Å². The minimum Gasteiger partial charge on any atom is -0.367 e. The molecule has 4 rings (SSSR count). The SMILES string of the molecule is O=C1C2C3CCC(C3)C2C(=O)N1CNc1cccc(Cl)c1. The van der Waals surface area contributed by atoms with Crippen LogP contribution >= 0.6 is 11.6 Å². The lowest BCUT2D eigenvalue weighted by molar-refractivity contribution is -0.140. The fourth-order valence-electron chi connectivity index (χ4n) is 4.40. The van der Waals surface area contributed by atoms with Gasteiger partial charge in [0, 0.05) is 10.7 Å². The molecule has 2 aliphatic carbocycles. The number of nitrogens with one attached hydrogen (secondary N) is 1. The summed E-state index contributed by atoms with van der Waals surface area (Å²) in [5.41, 5.74) is 0.822. The van der Waals surface area contributed by atoms with Crippen LogP contribution in [0.3, 0.4) is 0 Å². The average Bonchev–Trinajstić information content (AvgIpc) is 3.12. The molecule has 0 spiro atoms. The van der Waals surface area contributed by atoms with Crippen LogP contribution in [0.4, 0.5) is 5.69 Å². The third-order valence-electron chi connectivity index (χ3n) is 5.28. The van der Waals surface area contributed by atoms with E-state index in [9.17, 15) is 9.59 Å². The number of hydrogen-bond acceptors (Lipinski definition) is 3. The Bertz CT molecular complexity index is 590. The molecule has 4 atom stereocenters. The Balaban J connectivity index is 1.49. The van der Waals surface area contributed by atoms with Crippen molar-refractivity contribution in [3.05, 3.63) is 29.3 Å². The normalized spacial score (nSPS) is 33.7. The molecule has 21 heavy (non-hydrogen) atoms. The minimum absolute atomic E-state index is 0.0201. The highest BCUT2D eigenvalue weighted by molar-refractivity contribution is 6.30. The molecule has 1 N–H and O–H groups in total. The van der Waals surface area contributed by atoms with E-state index in [1.54, 1.807) is 12.1 Å². The second kappa shape index (κ2) is 4.73. The van der Waals surface area contributed by atoms with Gasteiger partial charge in [-0.2, -0.15) is 0 Å². The molecule has 3 fully saturated rings. The minimum atomic E-state index is -0.0441. The maximum atomic E-state index is 12.5. The Morgan fingerprint density at radius 3 is 2.43 bits per heavy atom. The first-order chi connectivity index (χ1) is 10.1. The lowest BCUT2D eigenvalue weighted by atomic mass is 9.81. The van der Waals surface area contributed by atoms with Gasteiger partial charge < -0.3 is 5.32 Å². The summed E-state index contributed by atoms with van der Waals surface area (Å²) >= 11 is 5.93. The van der Waals surface area contributed by atoms with Crippen molar-refractivity contribution in [1.82, 2.24) is 4.90 Å². The maximum Gasteiger partial charge on any atom is 0.234 e. The van der Waals surface area contributed by atoms with Gasteiger partial charge in [0.25, 0.3) is 0 Å². The Morgan fingerprint density at radius 2 is 1.81 bits per heavy atom. The number of hydrogen-bond donors (Lipinski definition) is 1. The van der Waals surface area contributed by atoms with E-state index in [1.807, 2.05) is 12.1 Å². The zero-order chi connectivity index (χ0) is 14.6. The van der Waals surface area contributed by atoms with Crippen molar-refractivity contribution in [1.29, 1.82) is 0 Å². The third-order valence-corrected chi connectivity index (χ3v) is 5.52. The highest BCUT2D eigenvalue weighted by Crippen LogP contribution is 2.55. The van der Waals surface area contributed by atoms with Crippen LogP contribution in [0.15, 0.2) is 24.3 Å². The van der Waals surface area contributed by atoms with Crippen molar-refractivity contribution in [2.75, 3.05) is 12.0 Å². The van der Waals surface area contributed by atoms with Crippen molar-refractivity contribution < 1.29 is 9.59 Å². The Hall–Kier alpha value is -1.55. The van der Waals surface area contributed by atoms with Crippen LogP contribution < -0.4 is 5.32 Å². The molecular weight excluding hydrogens is 288 g/mol. The molecule has 0 radical (unpaired) electrons. The van der Waals surface area contributed by atoms with E-state index in [2.05, 4.69) is 5.32 Å². The van der Waals surface area contributed by atoms with E-state index >= 15 is 0 Å². The summed E-state index contributed by atoms with van der Waals surface area (Å²) in [4.78, 5) is 26.4. The van der Waals surface area contributed by atoms with Gasteiger partial charge in [0.15, 0.2) is 0 Å². The monoisotopic (exact) mass is 304 g/mol. The van der Waals surface area contributed by atoms with Crippen molar-refractivity contribution in [2.45, 2.75) is 19.3 Å². The van der Waals surface area contributed by atoms with Crippen molar-refractivity contribution in [2.24, 2.45) is 23.7 Å². The first-order valence-electron chi connectivity index (χ1n) is 7.50. The molecule has 2 amide bonds. The summed E-state index contributed by atoms with van der Waals surface area (Å²) in [6, 6.07) is 7.30. The molecule has 0 aromatic heterocycles. The number of amides is 2. The number of fused-ring (bicyclic) bond motifs is 5. The number of imide groups is 1. The van der Waals surface area contributed by atoms with Crippen molar-refractivity contribution >= 4 is 29.1 Å². The smallest absolute Gasteiger partial charge is 0.234 e. The highest BCUT2D eigenvalue weighted by Gasteiger charge is 2.60. The molecule has 5 heteroatoms. The van der Waals surface area contributed by atoms with E-state index in [0.29, 0.717) is 16.9 Å². The number of likely N-dealkylation sites (tertiary alicyclic amines) is 1. The third kappa shape index (κ3) is 1.96. The fraction of sp³-hybridized carbons (Fsp3) is 0.500. The molecule has 1 heterocycles. The quantitative estimate of drug-likeness (QED) is 0.874. The molecular formula is C16H17ClN2O2. The van der Waals surface area contributed by atoms with Crippen LogP contribution in [-0.4, -0.2) is 23.4 Å². The highest BCUT2D eigenvalue weighted by atomic mass is 35.5. The summed E-state index contributed by atoms with van der Waals surface area (Å²) in [5, 5.41) is 3.76. The van der Waals surface area contributed by atoms with E-state index in [-0.39, 0.29) is 30.3 Å². The fourth-order valence-corrected chi connectivity index (χ4v) is 4.59. The van der Waals surface area contributed by atoms with Crippen LogP contribution in [0.2, 0.25) is 5.02 Å². The maximum absolute atomic E-state index is 12.5. The predicted molar refractivity (Wildman–Crippen MR) is 79.6 cm³/mol. The Labute approximate surface area is 128 Å². The Morgan fingerprint density at radius 1 is 1.14 bits per heavy atom. The van der Waals surface area contributed by atoms with Gasteiger partial charge in [-0.1, -0.05) is 17.7 Å². The number of halogens is 1. The predicted octanol–water partition coefficient (Wildman–Crippen LogP) is 2.74. The van der Waals surface area contributed by atoms with Gasteiger partial charge in [-0.05, 0) is 49.3 Å². The zero-order valence-electron chi connectivity index (χ0n) is 11.6. The first-order valence-corrected chi connectivity index (χ1v) is 7.87. The largest absolute Gasteiger partial charge is 0.367 e.